The van der Waals surface area contributed by atoms with Crippen molar-refractivity contribution in [3.63, 3.8) is 0 Å². The van der Waals surface area contributed by atoms with Gasteiger partial charge in [-0.3, -0.25) is 4.79 Å². The highest BCUT2D eigenvalue weighted by molar-refractivity contribution is 7.09. The van der Waals surface area contributed by atoms with Crippen LogP contribution in [-0.2, 0) is 11.2 Å². The largest absolute Gasteiger partial charge is 0.354 e. The minimum absolute atomic E-state index is 0. The van der Waals surface area contributed by atoms with Gasteiger partial charge in [0.2, 0.25) is 5.91 Å². The topological polar surface area (TPSA) is 41.1 Å². The van der Waals surface area contributed by atoms with Crippen molar-refractivity contribution in [1.82, 2.24) is 10.6 Å². The van der Waals surface area contributed by atoms with E-state index < -0.39 is 0 Å². The number of nitrogens with one attached hydrogen (secondary N) is 2. The van der Waals surface area contributed by atoms with Gasteiger partial charge in [0.1, 0.15) is 0 Å². The lowest BCUT2D eigenvalue weighted by atomic mass is 10.0. The van der Waals surface area contributed by atoms with Gasteiger partial charge in [0.25, 0.3) is 0 Å². The van der Waals surface area contributed by atoms with Crippen molar-refractivity contribution in [3.05, 3.63) is 22.4 Å². The van der Waals surface area contributed by atoms with Crippen LogP contribution < -0.4 is 10.6 Å². The van der Waals surface area contributed by atoms with E-state index in [-0.39, 0.29) is 24.4 Å². The fourth-order valence-corrected chi connectivity index (χ4v) is 2.67. The lowest BCUT2D eigenvalue weighted by Gasteiger charge is -2.22. The van der Waals surface area contributed by atoms with E-state index in [1.807, 2.05) is 6.07 Å². The molecule has 0 saturated carbocycles. The third kappa shape index (κ3) is 4.66. The molecular formula is C12H19ClN2OS. The first-order valence-electron chi connectivity index (χ1n) is 5.90. The van der Waals surface area contributed by atoms with E-state index in [1.165, 1.54) is 11.3 Å². The van der Waals surface area contributed by atoms with Crippen LogP contribution in [0.1, 0.15) is 24.1 Å². The maximum absolute atomic E-state index is 11.8. The number of amides is 1. The molecule has 1 aromatic rings. The van der Waals surface area contributed by atoms with Gasteiger partial charge in [-0.15, -0.1) is 23.7 Å². The molecule has 1 aliphatic heterocycles. The quantitative estimate of drug-likeness (QED) is 0.881. The number of piperidine rings is 1. The molecule has 1 atom stereocenters. The van der Waals surface area contributed by atoms with Gasteiger partial charge in [0.15, 0.2) is 0 Å². The number of hydrogen-bond acceptors (Lipinski definition) is 3. The van der Waals surface area contributed by atoms with Crippen molar-refractivity contribution in [2.24, 2.45) is 0 Å². The maximum Gasteiger partial charge on any atom is 0.237 e. The van der Waals surface area contributed by atoms with E-state index in [2.05, 4.69) is 22.1 Å². The van der Waals surface area contributed by atoms with E-state index in [9.17, 15) is 4.79 Å². The number of carbonyl (C=O) groups is 1. The molecule has 1 aromatic heterocycles. The van der Waals surface area contributed by atoms with Crippen LogP contribution in [0, 0.1) is 0 Å². The molecule has 2 rings (SSSR count). The molecule has 1 fully saturated rings. The summed E-state index contributed by atoms with van der Waals surface area (Å²) < 4.78 is 0. The highest BCUT2D eigenvalue weighted by Crippen LogP contribution is 2.09. The Bertz CT molecular complexity index is 323. The lowest BCUT2D eigenvalue weighted by molar-refractivity contribution is -0.123. The molecule has 1 amide bonds. The molecule has 5 heteroatoms. The van der Waals surface area contributed by atoms with Gasteiger partial charge in [0, 0.05) is 11.4 Å². The van der Waals surface area contributed by atoms with Crippen LogP contribution in [0.4, 0.5) is 0 Å². The van der Waals surface area contributed by atoms with E-state index in [1.54, 1.807) is 11.3 Å². The van der Waals surface area contributed by atoms with Gasteiger partial charge in [-0.2, -0.15) is 0 Å². The Kier molecular flexibility index (Phi) is 6.55. The van der Waals surface area contributed by atoms with Crippen LogP contribution in [0.3, 0.4) is 0 Å². The maximum atomic E-state index is 11.8. The van der Waals surface area contributed by atoms with Crippen LogP contribution in [0.2, 0.25) is 0 Å². The molecule has 0 bridgehead atoms. The number of hydrogen-bond donors (Lipinski definition) is 2. The predicted molar refractivity (Wildman–Crippen MR) is 73.9 cm³/mol. The molecular weight excluding hydrogens is 256 g/mol. The number of rotatable bonds is 4. The van der Waals surface area contributed by atoms with Gasteiger partial charge in [0.05, 0.1) is 6.04 Å². The summed E-state index contributed by atoms with van der Waals surface area (Å²) >= 11 is 1.74. The molecule has 3 nitrogen and oxygen atoms in total. The zero-order chi connectivity index (χ0) is 11.2. The smallest absolute Gasteiger partial charge is 0.237 e. The van der Waals surface area contributed by atoms with Crippen LogP contribution in [0.5, 0.6) is 0 Å². The summed E-state index contributed by atoms with van der Waals surface area (Å²) in [5, 5.41) is 8.32. The van der Waals surface area contributed by atoms with Crippen LogP contribution >= 0.6 is 23.7 Å². The molecule has 0 spiro atoms. The van der Waals surface area contributed by atoms with Gasteiger partial charge >= 0.3 is 0 Å². The van der Waals surface area contributed by atoms with E-state index >= 15 is 0 Å². The molecule has 96 valence electrons. The summed E-state index contributed by atoms with van der Waals surface area (Å²) in [5.74, 6) is 0.163. The molecule has 0 radical (unpaired) electrons. The molecule has 1 unspecified atom stereocenters. The fraction of sp³-hybridized carbons (Fsp3) is 0.583. The Hall–Kier alpha value is -0.580. The van der Waals surface area contributed by atoms with Crippen molar-refractivity contribution in [2.75, 3.05) is 13.1 Å². The summed E-state index contributed by atoms with van der Waals surface area (Å²) in [6.07, 6.45) is 4.27. The summed E-state index contributed by atoms with van der Waals surface area (Å²) in [5.41, 5.74) is 0. The molecule has 0 aromatic carbocycles. The van der Waals surface area contributed by atoms with Crippen LogP contribution in [-0.4, -0.2) is 25.0 Å². The van der Waals surface area contributed by atoms with Crippen LogP contribution in [0.25, 0.3) is 0 Å². The second-order valence-corrected chi connectivity index (χ2v) is 5.16. The second kappa shape index (κ2) is 7.69. The SMILES string of the molecule is Cl.O=C(NCCc1cccs1)C1CCCCN1. The molecule has 2 heterocycles. The normalized spacial score (nSPS) is 19.4. The predicted octanol–water partition coefficient (Wildman–Crippen LogP) is 1.97. The van der Waals surface area contributed by atoms with Gasteiger partial charge < -0.3 is 10.6 Å². The summed E-state index contributed by atoms with van der Waals surface area (Å²) in [7, 11) is 0. The first-order chi connectivity index (χ1) is 7.86. The van der Waals surface area contributed by atoms with E-state index in [4.69, 9.17) is 0 Å². The molecule has 1 saturated heterocycles. The second-order valence-electron chi connectivity index (χ2n) is 4.12. The average Bonchev–Trinajstić information content (AvgIpc) is 2.83. The Balaban J connectivity index is 0.00000144. The molecule has 1 aliphatic rings. The van der Waals surface area contributed by atoms with Crippen molar-refractivity contribution in [1.29, 1.82) is 0 Å². The average molecular weight is 275 g/mol. The first kappa shape index (κ1) is 14.5. The van der Waals surface area contributed by atoms with Gasteiger partial charge in [-0.1, -0.05) is 12.5 Å². The number of halogens is 1. The van der Waals surface area contributed by atoms with Crippen molar-refractivity contribution < 1.29 is 4.79 Å². The van der Waals surface area contributed by atoms with Crippen molar-refractivity contribution >= 4 is 29.7 Å². The fourth-order valence-electron chi connectivity index (χ4n) is 1.96. The summed E-state index contributed by atoms with van der Waals surface area (Å²) in [4.78, 5) is 13.1. The summed E-state index contributed by atoms with van der Waals surface area (Å²) in [6, 6.07) is 4.19. The minimum Gasteiger partial charge on any atom is -0.354 e. The Labute approximate surface area is 112 Å². The lowest BCUT2D eigenvalue weighted by Crippen LogP contribution is -2.47. The highest BCUT2D eigenvalue weighted by Gasteiger charge is 2.19. The minimum atomic E-state index is 0. The van der Waals surface area contributed by atoms with E-state index in [0.717, 1.165) is 32.4 Å². The first-order valence-corrected chi connectivity index (χ1v) is 6.78. The third-order valence-corrected chi connectivity index (χ3v) is 3.81. The van der Waals surface area contributed by atoms with Gasteiger partial charge in [-0.25, -0.2) is 0 Å². The van der Waals surface area contributed by atoms with Crippen molar-refractivity contribution in [3.8, 4) is 0 Å². The molecule has 17 heavy (non-hydrogen) atoms. The monoisotopic (exact) mass is 274 g/mol. The Morgan fingerprint density at radius 2 is 2.41 bits per heavy atom. The molecule has 2 N–H and O–H groups in total. The zero-order valence-electron chi connectivity index (χ0n) is 9.78. The Morgan fingerprint density at radius 1 is 1.53 bits per heavy atom. The van der Waals surface area contributed by atoms with Gasteiger partial charge in [-0.05, 0) is 37.3 Å². The highest BCUT2D eigenvalue weighted by atomic mass is 35.5. The standard InChI is InChI=1S/C12H18N2OS.ClH/c15-12(11-5-1-2-7-13-11)14-8-6-10-4-3-9-16-10;/h3-4,9,11,13H,1-2,5-8H2,(H,14,15);1H. The van der Waals surface area contributed by atoms with Crippen LogP contribution in [0.15, 0.2) is 17.5 Å². The van der Waals surface area contributed by atoms with Crippen molar-refractivity contribution in [2.45, 2.75) is 31.7 Å². The zero-order valence-corrected chi connectivity index (χ0v) is 11.4. The summed E-state index contributed by atoms with van der Waals surface area (Å²) in [6.45, 7) is 1.72. The van der Waals surface area contributed by atoms with E-state index in [0.29, 0.717) is 0 Å². The Morgan fingerprint density at radius 3 is 3.06 bits per heavy atom. The molecule has 0 aliphatic carbocycles. The number of carbonyl (C=O) groups excluding carboxylic acids is 1. The number of thiophene rings is 1. The third-order valence-electron chi connectivity index (χ3n) is 2.88.